The van der Waals surface area contributed by atoms with E-state index in [9.17, 15) is 8.42 Å². The van der Waals surface area contributed by atoms with Crippen molar-refractivity contribution in [1.29, 1.82) is 0 Å². The molecule has 11 heteroatoms. The molecule has 3 unspecified atom stereocenters. The fourth-order valence-corrected chi connectivity index (χ4v) is 9.14. The van der Waals surface area contributed by atoms with Crippen LogP contribution in [0.1, 0.15) is 37.8 Å². The van der Waals surface area contributed by atoms with Gasteiger partial charge in [0.25, 0.3) is 10.0 Å². The van der Waals surface area contributed by atoms with Gasteiger partial charge in [0.1, 0.15) is 0 Å². The highest BCUT2D eigenvalue weighted by atomic mass is 35.5. The number of rotatable bonds is 7. The number of hydrogen-bond acceptors (Lipinski definition) is 6. The van der Waals surface area contributed by atoms with Crippen LogP contribution in [-0.4, -0.2) is 28.5 Å². The number of thiazole rings is 1. The predicted octanol–water partition coefficient (Wildman–Crippen LogP) is 8.69. The van der Waals surface area contributed by atoms with Gasteiger partial charge < -0.3 is 0 Å². The lowest BCUT2D eigenvalue weighted by Gasteiger charge is -2.30. The third kappa shape index (κ3) is 6.05. The molecule has 3 atom stereocenters. The molecular formula is C38H33ClN6O2S2. The monoisotopic (exact) mass is 704 g/mol. The van der Waals surface area contributed by atoms with E-state index in [0.717, 1.165) is 53.1 Å². The van der Waals surface area contributed by atoms with E-state index in [2.05, 4.69) is 22.5 Å². The topological polar surface area (TPSA) is 84.8 Å². The largest absolute Gasteiger partial charge is 0.285 e. The van der Waals surface area contributed by atoms with E-state index < -0.39 is 10.0 Å². The van der Waals surface area contributed by atoms with E-state index >= 15 is 0 Å². The summed E-state index contributed by atoms with van der Waals surface area (Å²) < 4.78 is 35.8. The Bertz CT molecular complexity index is 2310. The molecule has 8 rings (SSSR count). The van der Waals surface area contributed by atoms with Crippen LogP contribution >= 0.6 is 22.9 Å². The van der Waals surface area contributed by atoms with Gasteiger partial charge in [-0.2, -0.15) is 18.6 Å². The lowest BCUT2D eigenvalue weighted by atomic mass is 9.76. The summed E-state index contributed by atoms with van der Waals surface area (Å²) >= 11 is 7.46. The number of hydrazone groups is 1. The molecule has 0 saturated heterocycles. The lowest BCUT2D eigenvalue weighted by Crippen LogP contribution is -2.30. The molecule has 2 aliphatic rings. The van der Waals surface area contributed by atoms with Crippen molar-refractivity contribution in [2.24, 2.45) is 21.3 Å². The molecular weight excluding hydrogens is 672 g/mol. The number of para-hydroxylation sites is 1. The molecule has 0 radical (unpaired) electrons. The molecule has 0 spiro atoms. The SMILES string of the molecule is CC1CCCC2C1=NN(c1ccc(S(=O)(=O)/N=c3/scc(-c4ccccc4)n3-c3ccc(Cl)cc3)cc1)C2c1cnn(-c2ccccc2)c1. The summed E-state index contributed by atoms with van der Waals surface area (Å²) in [4.78, 5) is 0.449. The second kappa shape index (κ2) is 12.9. The summed E-state index contributed by atoms with van der Waals surface area (Å²) in [7, 11) is -4.06. The highest BCUT2D eigenvalue weighted by Crippen LogP contribution is 2.46. The van der Waals surface area contributed by atoms with Crippen molar-refractivity contribution in [2.45, 2.75) is 37.1 Å². The third-order valence-corrected chi connectivity index (χ3v) is 11.8. The summed E-state index contributed by atoms with van der Waals surface area (Å²) in [5.41, 5.74) is 6.64. The lowest BCUT2D eigenvalue weighted by molar-refractivity contribution is 0.431. The smallest absolute Gasteiger partial charge is 0.284 e. The van der Waals surface area contributed by atoms with Gasteiger partial charge in [-0.15, -0.1) is 15.7 Å². The minimum Gasteiger partial charge on any atom is -0.284 e. The van der Waals surface area contributed by atoms with Crippen LogP contribution in [-0.2, 0) is 10.0 Å². The van der Waals surface area contributed by atoms with Gasteiger partial charge in [0, 0.05) is 39.5 Å². The van der Waals surface area contributed by atoms with Crippen molar-refractivity contribution in [2.75, 3.05) is 5.01 Å². The summed E-state index contributed by atoms with van der Waals surface area (Å²) in [6.45, 7) is 2.25. The molecule has 3 heterocycles. The minimum atomic E-state index is -4.06. The van der Waals surface area contributed by atoms with Gasteiger partial charge in [-0.05, 0) is 85.0 Å². The highest BCUT2D eigenvalue weighted by Gasteiger charge is 2.43. The van der Waals surface area contributed by atoms with Crippen molar-refractivity contribution >= 4 is 44.4 Å². The number of sulfonamides is 1. The van der Waals surface area contributed by atoms with Crippen LogP contribution in [0.2, 0.25) is 5.02 Å². The fraction of sp³-hybridized carbons (Fsp3) is 0.184. The van der Waals surface area contributed by atoms with Gasteiger partial charge >= 0.3 is 0 Å². The number of halogens is 1. The normalized spacial score (nSPS) is 19.6. The summed E-state index contributed by atoms with van der Waals surface area (Å²) in [5.74, 6) is 0.643. The molecule has 246 valence electrons. The second-order valence-electron chi connectivity index (χ2n) is 12.4. The van der Waals surface area contributed by atoms with Crippen molar-refractivity contribution in [1.82, 2.24) is 14.3 Å². The molecule has 1 aliphatic carbocycles. The third-order valence-electron chi connectivity index (χ3n) is 9.33. The Balaban J connectivity index is 1.15. The number of aromatic nitrogens is 3. The van der Waals surface area contributed by atoms with E-state index in [4.69, 9.17) is 21.8 Å². The van der Waals surface area contributed by atoms with Gasteiger partial charge in [-0.3, -0.25) is 9.58 Å². The molecule has 2 aromatic heterocycles. The Morgan fingerprint density at radius 3 is 2.27 bits per heavy atom. The van der Waals surface area contributed by atoms with E-state index in [0.29, 0.717) is 15.7 Å². The maximum Gasteiger partial charge on any atom is 0.285 e. The average molecular weight is 705 g/mol. The van der Waals surface area contributed by atoms with Crippen LogP contribution < -0.4 is 9.81 Å². The van der Waals surface area contributed by atoms with Crippen LogP contribution in [0.15, 0.2) is 141 Å². The Morgan fingerprint density at radius 1 is 0.837 bits per heavy atom. The zero-order valence-corrected chi connectivity index (χ0v) is 29.1. The Hall–Kier alpha value is -4.77. The van der Waals surface area contributed by atoms with Crippen LogP contribution in [0.4, 0.5) is 5.69 Å². The summed E-state index contributed by atoms with van der Waals surface area (Å²) in [5, 5.41) is 14.4. The Kier molecular flexibility index (Phi) is 8.31. The first-order chi connectivity index (χ1) is 23.9. The summed E-state index contributed by atoms with van der Waals surface area (Å²) in [6.07, 6.45) is 7.32. The first-order valence-electron chi connectivity index (χ1n) is 16.3. The van der Waals surface area contributed by atoms with E-state index in [1.807, 2.05) is 106 Å². The zero-order chi connectivity index (χ0) is 33.5. The molecule has 1 saturated carbocycles. The van der Waals surface area contributed by atoms with Crippen molar-refractivity contribution in [3.8, 4) is 22.6 Å². The van der Waals surface area contributed by atoms with Crippen LogP contribution in [0.5, 0.6) is 0 Å². The van der Waals surface area contributed by atoms with Gasteiger partial charge in [-0.1, -0.05) is 73.5 Å². The van der Waals surface area contributed by atoms with Crippen molar-refractivity contribution in [3.63, 3.8) is 0 Å². The van der Waals surface area contributed by atoms with E-state index in [-0.39, 0.29) is 16.9 Å². The maximum absolute atomic E-state index is 13.8. The van der Waals surface area contributed by atoms with Crippen LogP contribution in [0, 0.1) is 11.8 Å². The van der Waals surface area contributed by atoms with Crippen molar-refractivity contribution < 1.29 is 8.42 Å². The molecule has 49 heavy (non-hydrogen) atoms. The number of nitrogens with zero attached hydrogens (tertiary/aromatic N) is 6. The van der Waals surface area contributed by atoms with Gasteiger partial charge in [-0.25, -0.2) is 4.68 Å². The summed E-state index contributed by atoms with van der Waals surface area (Å²) in [6, 6.07) is 34.1. The molecule has 1 aliphatic heterocycles. The number of hydrogen-bond donors (Lipinski definition) is 0. The van der Waals surface area contributed by atoms with E-state index in [1.165, 1.54) is 17.0 Å². The average Bonchev–Trinajstić information content (AvgIpc) is 3.87. The predicted molar refractivity (Wildman–Crippen MR) is 196 cm³/mol. The molecule has 8 nitrogen and oxygen atoms in total. The van der Waals surface area contributed by atoms with Crippen LogP contribution in [0.3, 0.4) is 0 Å². The molecule has 6 aromatic rings. The zero-order valence-electron chi connectivity index (χ0n) is 26.7. The Morgan fingerprint density at radius 2 is 1.53 bits per heavy atom. The minimum absolute atomic E-state index is 0.0387. The number of benzene rings is 4. The molecule has 0 amide bonds. The number of fused-ring (bicyclic) bond motifs is 1. The molecule has 4 aromatic carbocycles. The second-order valence-corrected chi connectivity index (χ2v) is 15.3. The number of anilines is 1. The first-order valence-corrected chi connectivity index (χ1v) is 19.0. The van der Waals surface area contributed by atoms with Crippen molar-refractivity contribution in [3.05, 3.63) is 142 Å². The van der Waals surface area contributed by atoms with E-state index in [1.54, 1.807) is 24.3 Å². The standard InChI is InChI=1S/C38H33ClN6O2S2/c1-26-9-8-14-34-36(26)41-45(37(34)28-23-40-43(24-28)30-12-6-3-7-13-30)32-19-21-33(22-20-32)49(46,47)42-38-44(31-17-15-29(39)16-18-31)35(25-48-38)27-10-4-2-5-11-27/h2-7,10-13,15-26,34,37H,8-9,14H2,1H3/b42-38+. The van der Waals surface area contributed by atoms with Gasteiger partial charge in [0.2, 0.25) is 4.80 Å². The van der Waals surface area contributed by atoms with Crippen LogP contribution in [0.25, 0.3) is 22.6 Å². The Labute approximate surface area is 294 Å². The molecule has 0 N–H and O–H groups in total. The quantitative estimate of drug-likeness (QED) is 0.166. The van der Waals surface area contributed by atoms with Gasteiger partial charge in [0.15, 0.2) is 0 Å². The maximum atomic E-state index is 13.8. The highest BCUT2D eigenvalue weighted by molar-refractivity contribution is 7.90. The first kappa shape index (κ1) is 31.5. The molecule has 1 fully saturated rings. The molecule has 0 bridgehead atoms. The van der Waals surface area contributed by atoms with Gasteiger partial charge in [0.05, 0.1) is 34.2 Å². The fourth-order valence-electron chi connectivity index (χ4n) is 6.91.